The number of amides is 1. The maximum Gasteiger partial charge on any atom is 0.252 e. The fourth-order valence-corrected chi connectivity index (χ4v) is 2.43. The Bertz CT molecular complexity index is 835. The second kappa shape index (κ2) is 8.02. The first-order chi connectivity index (χ1) is 12.3. The quantitative estimate of drug-likeness (QED) is 0.690. The van der Waals surface area contributed by atoms with Crippen molar-refractivity contribution in [2.75, 3.05) is 7.11 Å². The topological polar surface area (TPSA) is 51.5 Å². The van der Waals surface area contributed by atoms with E-state index in [0.717, 1.165) is 16.9 Å². The van der Waals surface area contributed by atoms with E-state index in [1.54, 1.807) is 25.5 Å². The van der Waals surface area contributed by atoms with Gasteiger partial charge in [0.15, 0.2) is 0 Å². The van der Waals surface area contributed by atoms with Crippen molar-refractivity contribution >= 4 is 17.6 Å². The number of carbonyl (C=O) groups is 1. The van der Waals surface area contributed by atoms with Crippen LogP contribution < -0.4 is 10.1 Å². The smallest absolute Gasteiger partial charge is 0.252 e. The fourth-order valence-electron chi connectivity index (χ4n) is 2.43. The first-order valence-corrected chi connectivity index (χ1v) is 7.98. The number of hydrogen-bond donors (Lipinski definition) is 1. The minimum Gasteiger partial charge on any atom is -0.497 e. The van der Waals surface area contributed by atoms with E-state index in [0.29, 0.717) is 17.9 Å². The molecule has 0 bridgehead atoms. The van der Waals surface area contributed by atoms with E-state index in [9.17, 15) is 4.79 Å². The second-order valence-electron chi connectivity index (χ2n) is 5.47. The summed E-state index contributed by atoms with van der Waals surface area (Å²) in [5.41, 5.74) is 2.40. The number of rotatable bonds is 6. The van der Waals surface area contributed by atoms with Crippen LogP contribution in [-0.2, 0) is 11.3 Å². The van der Waals surface area contributed by atoms with Crippen molar-refractivity contribution in [1.29, 1.82) is 0 Å². The van der Waals surface area contributed by atoms with Gasteiger partial charge in [-0.05, 0) is 41.5 Å². The van der Waals surface area contributed by atoms with Gasteiger partial charge in [0.05, 0.1) is 18.9 Å². The summed E-state index contributed by atoms with van der Waals surface area (Å²) in [6.07, 6.45) is 3.34. The van der Waals surface area contributed by atoms with E-state index in [1.165, 1.54) is 0 Å². The summed E-state index contributed by atoms with van der Waals surface area (Å²) in [6, 6.07) is 20.8. The number of benzene rings is 2. The molecule has 0 aliphatic carbocycles. The van der Waals surface area contributed by atoms with Gasteiger partial charge in [-0.1, -0.05) is 42.5 Å². The van der Waals surface area contributed by atoms with Crippen LogP contribution in [0.25, 0.3) is 11.6 Å². The molecule has 25 heavy (non-hydrogen) atoms. The third-order valence-electron chi connectivity index (χ3n) is 3.77. The normalized spacial score (nSPS) is 11.2. The molecule has 3 aromatic rings. The minimum absolute atomic E-state index is 0.154. The standard InChI is InChI=1S/C21H19NO3/c1-24-18-11-9-16(10-12-18)15-22-21(23)20(14-19-8-5-13-25-19)17-6-3-2-4-7-17/h2-14H,15H2,1H3,(H,22,23)/b20-14+. The van der Waals surface area contributed by atoms with Crippen molar-refractivity contribution in [3.8, 4) is 5.75 Å². The number of methoxy groups -OCH3 is 1. The van der Waals surface area contributed by atoms with Gasteiger partial charge < -0.3 is 14.5 Å². The van der Waals surface area contributed by atoms with Crippen LogP contribution in [0.3, 0.4) is 0 Å². The average Bonchev–Trinajstić information content (AvgIpc) is 3.18. The first-order valence-electron chi connectivity index (χ1n) is 7.98. The van der Waals surface area contributed by atoms with E-state index in [-0.39, 0.29) is 5.91 Å². The monoisotopic (exact) mass is 333 g/mol. The Kier molecular flexibility index (Phi) is 5.32. The summed E-state index contributed by atoms with van der Waals surface area (Å²) >= 11 is 0. The Morgan fingerprint density at radius 1 is 1.04 bits per heavy atom. The molecule has 0 saturated carbocycles. The fraction of sp³-hybridized carbons (Fsp3) is 0.0952. The number of furan rings is 1. The Hall–Kier alpha value is -3.27. The molecule has 1 heterocycles. The molecule has 0 spiro atoms. The highest BCUT2D eigenvalue weighted by atomic mass is 16.5. The molecule has 0 aliphatic heterocycles. The molecule has 126 valence electrons. The third kappa shape index (κ3) is 4.38. The Morgan fingerprint density at radius 2 is 1.80 bits per heavy atom. The van der Waals surface area contributed by atoms with Crippen LogP contribution in [0.1, 0.15) is 16.9 Å². The molecule has 4 heteroatoms. The number of nitrogens with one attached hydrogen (secondary N) is 1. The van der Waals surface area contributed by atoms with Gasteiger partial charge in [-0.15, -0.1) is 0 Å². The molecule has 1 amide bonds. The SMILES string of the molecule is COc1ccc(CNC(=O)/C(=C/c2ccco2)c2ccccc2)cc1. The van der Waals surface area contributed by atoms with Crippen molar-refractivity contribution in [1.82, 2.24) is 5.32 Å². The summed E-state index contributed by atoms with van der Waals surface area (Å²) < 4.78 is 10.5. The van der Waals surface area contributed by atoms with Crippen molar-refractivity contribution in [3.63, 3.8) is 0 Å². The van der Waals surface area contributed by atoms with Gasteiger partial charge in [-0.2, -0.15) is 0 Å². The number of hydrogen-bond acceptors (Lipinski definition) is 3. The van der Waals surface area contributed by atoms with Crippen LogP contribution >= 0.6 is 0 Å². The van der Waals surface area contributed by atoms with Crippen molar-refractivity contribution in [2.24, 2.45) is 0 Å². The van der Waals surface area contributed by atoms with Crippen LogP contribution in [0.2, 0.25) is 0 Å². The zero-order valence-electron chi connectivity index (χ0n) is 13.9. The van der Waals surface area contributed by atoms with Gasteiger partial charge in [0.2, 0.25) is 0 Å². The lowest BCUT2D eigenvalue weighted by Crippen LogP contribution is -2.23. The molecule has 0 atom stereocenters. The molecule has 4 nitrogen and oxygen atoms in total. The Labute approximate surface area is 146 Å². The molecular formula is C21H19NO3. The second-order valence-corrected chi connectivity index (χ2v) is 5.47. The van der Waals surface area contributed by atoms with Crippen molar-refractivity contribution in [3.05, 3.63) is 89.9 Å². The number of carbonyl (C=O) groups excluding carboxylic acids is 1. The Balaban J connectivity index is 1.77. The summed E-state index contributed by atoms with van der Waals surface area (Å²) in [5, 5.41) is 2.96. The highest BCUT2D eigenvalue weighted by Gasteiger charge is 2.12. The molecular weight excluding hydrogens is 314 g/mol. The summed E-state index contributed by atoms with van der Waals surface area (Å²) in [6.45, 7) is 0.436. The lowest BCUT2D eigenvalue weighted by atomic mass is 10.0. The van der Waals surface area contributed by atoms with Gasteiger partial charge >= 0.3 is 0 Å². The minimum atomic E-state index is -0.154. The summed E-state index contributed by atoms with van der Waals surface area (Å²) in [5.74, 6) is 1.27. The van der Waals surface area contributed by atoms with Crippen LogP contribution in [0.4, 0.5) is 0 Å². The maximum absolute atomic E-state index is 12.7. The van der Waals surface area contributed by atoms with Crippen LogP contribution in [0.15, 0.2) is 77.4 Å². The zero-order valence-corrected chi connectivity index (χ0v) is 13.9. The zero-order chi connectivity index (χ0) is 17.5. The number of ether oxygens (including phenoxy) is 1. The average molecular weight is 333 g/mol. The summed E-state index contributed by atoms with van der Waals surface area (Å²) in [7, 11) is 1.63. The lowest BCUT2D eigenvalue weighted by Gasteiger charge is -2.10. The van der Waals surface area contributed by atoms with E-state index in [1.807, 2.05) is 60.7 Å². The Morgan fingerprint density at radius 3 is 2.44 bits per heavy atom. The van der Waals surface area contributed by atoms with Crippen molar-refractivity contribution < 1.29 is 13.9 Å². The molecule has 0 radical (unpaired) electrons. The largest absolute Gasteiger partial charge is 0.497 e. The van der Waals surface area contributed by atoms with Gasteiger partial charge in [0, 0.05) is 6.54 Å². The van der Waals surface area contributed by atoms with Gasteiger partial charge in [-0.3, -0.25) is 4.79 Å². The predicted octanol–water partition coefficient (Wildman–Crippen LogP) is 4.15. The molecule has 0 aliphatic rings. The van der Waals surface area contributed by atoms with Gasteiger partial charge in [-0.25, -0.2) is 0 Å². The van der Waals surface area contributed by atoms with E-state index >= 15 is 0 Å². The summed E-state index contributed by atoms with van der Waals surface area (Å²) in [4.78, 5) is 12.7. The molecule has 1 aromatic heterocycles. The first kappa shape index (κ1) is 16.6. The highest BCUT2D eigenvalue weighted by Crippen LogP contribution is 2.19. The van der Waals surface area contributed by atoms with E-state index < -0.39 is 0 Å². The highest BCUT2D eigenvalue weighted by molar-refractivity contribution is 6.23. The molecule has 1 N–H and O–H groups in total. The van der Waals surface area contributed by atoms with Crippen LogP contribution in [-0.4, -0.2) is 13.0 Å². The van der Waals surface area contributed by atoms with E-state index in [4.69, 9.17) is 9.15 Å². The lowest BCUT2D eigenvalue weighted by molar-refractivity contribution is -0.115. The van der Waals surface area contributed by atoms with E-state index in [2.05, 4.69) is 5.32 Å². The molecule has 0 unspecified atom stereocenters. The van der Waals surface area contributed by atoms with Crippen LogP contribution in [0, 0.1) is 0 Å². The maximum atomic E-state index is 12.7. The van der Waals surface area contributed by atoms with Gasteiger partial charge in [0.25, 0.3) is 5.91 Å². The van der Waals surface area contributed by atoms with Crippen molar-refractivity contribution in [2.45, 2.75) is 6.54 Å². The van der Waals surface area contributed by atoms with Crippen LogP contribution in [0.5, 0.6) is 5.75 Å². The van der Waals surface area contributed by atoms with Gasteiger partial charge in [0.1, 0.15) is 11.5 Å². The molecule has 2 aromatic carbocycles. The third-order valence-corrected chi connectivity index (χ3v) is 3.77. The predicted molar refractivity (Wildman–Crippen MR) is 97.9 cm³/mol. The molecule has 0 fully saturated rings. The molecule has 0 saturated heterocycles. The molecule has 3 rings (SSSR count).